The quantitative estimate of drug-likeness (QED) is 0.646. The molecule has 0 radical (unpaired) electrons. The molecule has 1 nitrogen and oxygen atoms in total. The van der Waals surface area contributed by atoms with E-state index in [2.05, 4.69) is 45.6 Å². The minimum Gasteiger partial charge on any atom is -0.381 e. The molecular weight excluding hydrogens is 202 g/mol. The molecule has 1 aliphatic heterocycles. The number of halogens is 1. The number of allylic oxidation sites excluding steroid dienone is 4. The van der Waals surface area contributed by atoms with Crippen molar-refractivity contribution in [2.75, 3.05) is 0 Å². The van der Waals surface area contributed by atoms with Crippen LogP contribution in [0.5, 0.6) is 0 Å². The average Bonchev–Trinajstić information content (AvgIpc) is 2.06. The molecule has 0 aromatic rings. The normalized spacial score (nSPS) is 26.8. The highest BCUT2D eigenvalue weighted by Gasteiger charge is 2.15. The molecule has 2 rings (SSSR count). The lowest BCUT2D eigenvalue weighted by Crippen LogP contribution is -2.27. The SMILES string of the molecule is BrC1=CC=CC2NC=CC=C12. The van der Waals surface area contributed by atoms with E-state index in [-0.39, 0.29) is 0 Å². The minimum absolute atomic E-state index is 0.361. The zero-order valence-electron chi connectivity index (χ0n) is 5.92. The second-order valence-electron chi connectivity index (χ2n) is 2.52. The molecule has 0 spiro atoms. The van der Waals surface area contributed by atoms with Gasteiger partial charge in [-0.3, -0.25) is 0 Å². The van der Waals surface area contributed by atoms with Crippen molar-refractivity contribution in [2.45, 2.75) is 6.04 Å². The fourth-order valence-corrected chi connectivity index (χ4v) is 1.77. The number of rotatable bonds is 0. The van der Waals surface area contributed by atoms with Crippen molar-refractivity contribution in [1.29, 1.82) is 0 Å². The van der Waals surface area contributed by atoms with Crippen LogP contribution in [0, 0.1) is 0 Å². The molecule has 0 bridgehead atoms. The van der Waals surface area contributed by atoms with Crippen LogP contribution in [0.3, 0.4) is 0 Å². The van der Waals surface area contributed by atoms with E-state index >= 15 is 0 Å². The van der Waals surface area contributed by atoms with Crippen molar-refractivity contribution >= 4 is 15.9 Å². The van der Waals surface area contributed by atoms with Gasteiger partial charge in [0.15, 0.2) is 0 Å². The third kappa shape index (κ3) is 1.18. The minimum atomic E-state index is 0.361. The highest BCUT2D eigenvalue weighted by molar-refractivity contribution is 9.12. The summed E-state index contributed by atoms with van der Waals surface area (Å²) in [6.45, 7) is 0. The Balaban J connectivity index is 2.40. The molecule has 0 amide bonds. The summed E-state index contributed by atoms with van der Waals surface area (Å²) >= 11 is 3.50. The Morgan fingerprint density at radius 1 is 1.27 bits per heavy atom. The first-order valence-electron chi connectivity index (χ1n) is 3.55. The van der Waals surface area contributed by atoms with E-state index in [1.807, 2.05) is 12.3 Å². The Hall–Kier alpha value is -0.760. The Labute approximate surface area is 74.3 Å². The zero-order chi connectivity index (χ0) is 7.68. The number of hydrogen-bond donors (Lipinski definition) is 1. The van der Waals surface area contributed by atoms with Gasteiger partial charge in [-0.05, 0) is 23.9 Å². The zero-order valence-corrected chi connectivity index (χ0v) is 7.51. The molecule has 56 valence electrons. The summed E-state index contributed by atoms with van der Waals surface area (Å²) in [6, 6.07) is 0.361. The van der Waals surface area contributed by atoms with Crippen LogP contribution in [0.1, 0.15) is 0 Å². The summed E-state index contributed by atoms with van der Waals surface area (Å²) in [4.78, 5) is 0. The summed E-state index contributed by atoms with van der Waals surface area (Å²) in [5.41, 5.74) is 1.30. The predicted molar refractivity (Wildman–Crippen MR) is 50.3 cm³/mol. The van der Waals surface area contributed by atoms with Crippen molar-refractivity contribution in [3.63, 3.8) is 0 Å². The molecule has 0 fully saturated rings. The van der Waals surface area contributed by atoms with E-state index in [4.69, 9.17) is 0 Å². The van der Waals surface area contributed by atoms with Gasteiger partial charge in [0.05, 0.1) is 6.04 Å². The summed E-state index contributed by atoms with van der Waals surface area (Å²) in [5.74, 6) is 0. The molecule has 2 heteroatoms. The highest BCUT2D eigenvalue weighted by Crippen LogP contribution is 2.26. The third-order valence-electron chi connectivity index (χ3n) is 1.80. The molecule has 1 heterocycles. The Bertz CT molecular complexity index is 284. The van der Waals surface area contributed by atoms with Crippen LogP contribution in [-0.4, -0.2) is 6.04 Å². The first-order chi connectivity index (χ1) is 5.38. The molecule has 0 saturated carbocycles. The number of hydrogen-bond acceptors (Lipinski definition) is 1. The molecule has 0 aromatic heterocycles. The van der Waals surface area contributed by atoms with Gasteiger partial charge in [0.1, 0.15) is 0 Å². The predicted octanol–water partition coefficient (Wildman–Crippen LogP) is 2.25. The Morgan fingerprint density at radius 3 is 3.00 bits per heavy atom. The van der Waals surface area contributed by atoms with Crippen LogP contribution < -0.4 is 5.32 Å². The van der Waals surface area contributed by atoms with Gasteiger partial charge >= 0.3 is 0 Å². The van der Waals surface area contributed by atoms with Crippen molar-refractivity contribution in [3.05, 3.63) is 46.6 Å². The molecule has 1 aliphatic carbocycles. The van der Waals surface area contributed by atoms with Gasteiger partial charge in [-0.25, -0.2) is 0 Å². The van der Waals surface area contributed by atoms with Crippen LogP contribution in [0.25, 0.3) is 0 Å². The number of dihydropyridines is 1. The Morgan fingerprint density at radius 2 is 2.18 bits per heavy atom. The van der Waals surface area contributed by atoms with Crippen LogP contribution in [0.15, 0.2) is 46.6 Å². The molecule has 0 aromatic carbocycles. The smallest absolute Gasteiger partial charge is 0.0706 e. The van der Waals surface area contributed by atoms with E-state index in [1.165, 1.54) is 10.1 Å². The molecule has 0 saturated heterocycles. The molecule has 2 aliphatic rings. The van der Waals surface area contributed by atoms with E-state index in [0.29, 0.717) is 6.04 Å². The van der Waals surface area contributed by atoms with Gasteiger partial charge in [-0.2, -0.15) is 0 Å². The fourth-order valence-electron chi connectivity index (χ4n) is 1.24. The summed E-state index contributed by atoms with van der Waals surface area (Å²) < 4.78 is 1.17. The standard InChI is InChI=1S/C9H8BrN/c10-8-4-1-5-9-7(8)3-2-6-11-9/h1-6,9,11H. The molecule has 1 N–H and O–H groups in total. The maximum Gasteiger partial charge on any atom is 0.0706 e. The van der Waals surface area contributed by atoms with Gasteiger partial charge in [0, 0.05) is 4.48 Å². The largest absolute Gasteiger partial charge is 0.381 e. The van der Waals surface area contributed by atoms with Crippen LogP contribution in [0.4, 0.5) is 0 Å². The van der Waals surface area contributed by atoms with Gasteiger partial charge < -0.3 is 5.32 Å². The molecular formula is C9H8BrN. The van der Waals surface area contributed by atoms with Gasteiger partial charge in [-0.1, -0.05) is 34.2 Å². The van der Waals surface area contributed by atoms with E-state index in [0.717, 1.165) is 0 Å². The van der Waals surface area contributed by atoms with Crippen molar-refractivity contribution in [1.82, 2.24) is 5.32 Å². The monoisotopic (exact) mass is 209 g/mol. The van der Waals surface area contributed by atoms with Crippen molar-refractivity contribution < 1.29 is 0 Å². The topological polar surface area (TPSA) is 12.0 Å². The molecule has 1 unspecified atom stereocenters. The lowest BCUT2D eigenvalue weighted by Gasteiger charge is -2.22. The summed E-state index contributed by atoms with van der Waals surface area (Å²) in [5, 5.41) is 3.24. The van der Waals surface area contributed by atoms with Crippen LogP contribution in [0.2, 0.25) is 0 Å². The fraction of sp³-hybridized carbons (Fsp3) is 0.111. The lowest BCUT2D eigenvalue weighted by atomic mass is 10.0. The highest BCUT2D eigenvalue weighted by atomic mass is 79.9. The summed E-state index contributed by atoms with van der Waals surface area (Å²) in [7, 11) is 0. The third-order valence-corrected chi connectivity index (χ3v) is 2.53. The maximum atomic E-state index is 3.50. The number of fused-ring (bicyclic) bond motifs is 1. The van der Waals surface area contributed by atoms with Crippen molar-refractivity contribution in [2.24, 2.45) is 0 Å². The second-order valence-corrected chi connectivity index (χ2v) is 3.38. The second kappa shape index (κ2) is 2.70. The van der Waals surface area contributed by atoms with E-state index in [1.54, 1.807) is 0 Å². The molecule has 11 heavy (non-hydrogen) atoms. The maximum absolute atomic E-state index is 3.50. The van der Waals surface area contributed by atoms with Gasteiger partial charge in [0.25, 0.3) is 0 Å². The van der Waals surface area contributed by atoms with Crippen LogP contribution >= 0.6 is 15.9 Å². The Kier molecular flexibility index (Phi) is 1.70. The van der Waals surface area contributed by atoms with Crippen LogP contribution in [-0.2, 0) is 0 Å². The van der Waals surface area contributed by atoms with E-state index in [9.17, 15) is 0 Å². The number of nitrogens with one attached hydrogen (secondary N) is 1. The van der Waals surface area contributed by atoms with Gasteiger partial charge in [-0.15, -0.1) is 0 Å². The summed E-state index contributed by atoms with van der Waals surface area (Å²) in [6.07, 6.45) is 12.3. The average molecular weight is 210 g/mol. The molecule has 1 atom stereocenters. The van der Waals surface area contributed by atoms with Gasteiger partial charge in [0.2, 0.25) is 0 Å². The lowest BCUT2D eigenvalue weighted by molar-refractivity contribution is 0.793. The first-order valence-corrected chi connectivity index (χ1v) is 4.34. The van der Waals surface area contributed by atoms with E-state index < -0.39 is 0 Å². The van der Waals surface area contributed by atoms with Crippen molar-refractivity contribution in [3.8, 4) is 0 Å². The first kappa shape index (κ1) is 6.92.